The summed E-state index contributed by atoms with van der Waals surface area (Å²) in [5, 5.41) is 6.51. The van der Waals surface area contributed by atoms with Gasteiger partial charge in [0.1, 0.15) is 5.69 Å². The molecule has 0 amide bonds. The molecule has 174 valence electrons. The van der Waals surface area contributed by atoms with Gasteiger partial charge in [-0.25, -0.2) is 8.80 Å². The SMILES string of the molecule is Cc1ccc2n3c(-c4ccccc4C)cc4ccccc4c3c(NC(C)(C)CC(C)(C)C)[n+]2c1. The van der Waals surface area contributed by atoms with Crippen molar-refractivity contribution in [3.05, 3.63) is 84.1 Å². The van der Waals surface area contributed by atoms with Crippen molar-refractivity contribution in [2.45, 2.75) is 60.4 Å². The van der Waals surface area contributed by atoms with Crippen molar-refractivity contribution in [2.24, 2.45) is 5.41 Å². The highest BCUT2D eigenvalue weighted by atomic mass is 15.2. The molecule has 0 fully saturated rings. The summed E-state index contributed by atoms with van der Waals surface area (Å²) in [5.41, 5.74) is 7.53. The maximum absolute atomic E-state index is 4.00. The first-order chi connectivity index (χ1) is 16.0. The first kappa shape index (κ1) is 22.5. The van der Waals surface area contributed by atoms with E-state index in [2.05, 4.69) is 136 Å². The molecule has 0 unspecified atom stereocenters. The van der Waals surface area contributed by atoms with Crippen LogP contribution in [-0.4, -0.2) is 9.94 Å². The number of nitrogens with one attached hydrogen (secondary N) is 1. The number of anilines is 1. The largest absolute Gasteiger partial charge is 0.297 e. The second kappa shape index (κ2) is 7.87. The number of rotatable bonds is 4. The van der Waals surface area contributed by atoms with Gasteiger partial charge in [0, 0.05) is 17.0 Å². The van der Waals surface area contributed by atoms with Gasteiger partial charge >= 0.3 is 0 Å². The van der Waals surface area contributed by atoms with E-state index < -0.39 is 0 Å². The molecule has 0 bridgehead atoms. The zero-order valence-corrected chi connectivity index (χ0v) is 21.5. The predicted octanol–water partition coefficient (Wildman–Crippen LogP) is 7.74. The summed E-state index contributed by atoms with van der Waals surface area (Å²) in [6.07, 6.45) is 3.31. The topological polar surface area (TPSA) is 20.5 Å². The van der Waals surface area contributed by atoms with Gasteiger partial charge in [-0.05, 0) is 68.2 Å². The van der Waals surface area contributed by atoms with Gasteiger partial charge in [-0.2, -0.15) is 0 Å². The monoisotopic (exact) mass is 450 g/mol. The maximum Gasteiger partial charge on any atom is 0.267 e. The fraction of sp³-hybridized carbons (Fsp3) is 0.323. The normalized spacial score (nSPS) is 12.7. The van der Waals surface area contributed by atoms with Crippen molar-refractivity contribution in [2.75, 3.05) is 5.32 Å². The number of hydrogen-bond acceptors (Lipinski definition) is 1. The highest BCUT2D eigenvalue weighted by molar-refractivity contribution is 6.03. The minimum Gasteiger partial charge on any atom is -0.297 e. The van der Waals surface area contributed by atoms with Crippen molar-refractivity contribution >= 4 is 27.8 Å². The lowest BCUT2D eigenvalue weighted by Gasteiger charge is -2.31. The fourth-order valence-electron chi connectivity index (χ4n) is 5.71. The molecular weight excluding hydrogens is 414 g/mol. The maximum atomic E-state index is 4.00. The molecular formula is C31H36N3+. The zero-order valence-electron chi connectivity index (χ0n) is 21.5. The van der Waals surface area contributed by atoms with E-state index in [-0.39, 0.29) is 11.0 Å². The molecule has 3 aromatic heterocycles. The number of imidazole rings is 1. The molecule has 2 aromatic carbocycles. The molecule has 0 saturated heterocycles. The molecule has 5 rings (SSSR count). The van der Waals surface area contributed by atoms with Crippen LogP contribution in [0.1, 0.15) is 52.2 Å². The van der Waals surface area contributed by atoms with E-state index in [0.717, 1.165) is 12.2 Å². The molecule has 0 saturated carbocycles. The third-order valence-electron chi connectivity index (χ3n) is 6.59. The van der Waals surface area contributed by atoms with E-state index in [1.165, 1.54) is 44.3 Å². The quantitative estimate of drug-likeness (QED) is 0.278. The molecule has 34 heavy (non-hydrogen) atoms. The summed E-state index contributed by atoms with van der Waals surface area (Å²) in [7, 11) is 0. The summed E-state index contributed by atoms with van der Waals surface area (Å²) in [5.74, 6) is 1.15. The first-order valence-corrected chi connectivity index (χ1v) is 12.3. The summed E-state index contributed by atoms with van der Waals surface area (Å²) < 4.78 is 4.79. The number of hydrogen-bond donors (Lipinski definition) is 1. The van der Waals surface area contributed by atoms with E-state index in [9.17, 15) is 0 Å². The predicted molar refractivity (Wildman–Crippen MR) is 145 cm³/mol. The van der Waals surface area contributed by atoms with Gasteiger partial charge in [0.2, 0.25) is 5.65 Å². The number of nitrogens with zero attached hydrogens (tertiary/aromatic N) is 2. The molecule has 0 radical (unpaired) electrons. The highest BCUT2D eigenvalue weighted by Gasteiger charge is 2.33. The van der Waals surface area contributed by atoms with Crippen LogP contribution in [0.15, 0.2) is 72.9 Å². The Labute approximate surface area is 203 Å². The van der Waals surface area contributed by atoms with E-state index >= 15 is 0 Å². The standard InChI is InChI=1S/C31H36N3/c1-21-16-17-27-33(19-21)29(32-31(6,7)20-30(3,4)5)28-25-15-11-9-13-23(25)18-26(34(27)28)24-14-10-8-12-22(24)2/h8-19,32H,20H2,1-7H3/q+1. The minimum atomic E-state index is -0.0798. The molecule has 3 nitrogen and oxygen atoms in total. The van der Waals surface area contributed by atoms with Crippen molar-refractivity contribution in [3.63, 3.8) is 0 Å². The Bertz CT molecular complexity index is 1530. The fourth-order valence-corrected chi connectivity index (χ4v) is 5.71. The van der Waals surface area contributed by atoms with Gasteiger partial charge in [-0.1, -0.05) is 69.3 Å². The van der Waals surface area contributed by atoms with Gasteiger partial charge < -0.3 is 0 Å². The zero-order chi connectivity index (χ0) is 24.3. The number of benzene rings is 2. The summed E-state index contributed by atoms with van der Waals surface area (Å²) >= 11 is 0. The second-order valence-corrected chi connectivity index (χ2v) is 11.6. The van der Waals surface area contributed by atoms with Gasteiger partial charge in [-0.3, -0.25) is 5.32 Å². The van der Waals surface area contributed by atoms with Crippen LogP contribution in [0.5, 0.6) is 0 Å². The van der Waals surface area contributed by atoms with Crippen molar-refractivity contribution < 1.29 is 4.40 Å². The van der Waals surface area contributed by atoms with Gasteiger partial charge in [0.05, 0.1) is 11.7 Å². The average Bonchev–Trinajstić information content (AvgIpc) is 3.05. The van der Waals surface area contributed by atoms with Crippen LogP contribution in [0, 0.1) is 19.3 Å². The molecule has 0 aliphatic heterocycles. The van der Waals surface area contributed by atoms with Crippen LogP contribution >= 0.6 is 0 Å². The summed E-state index contributed by atoms with van der Waals surface area (Å²) in [4.78, 5) is 0. The Hall–Kier alpha value is -3.33. The Morgan fingerprint density at radius 3 is 2.29 bits per heavy atom. The van der Waals surface area contributed by atoms with Gasteiger partial charge in [-0.15, -0.1) is 0 Å². The Balaban J connectivity index is 1.93. The lowest BCUT2D eigenvalue weighted by atomic mass is 9.82. The Morgan fingerprint density at radius 1 is 0.853 bits per heavy atom. The van der Waals surface area contributed by atoms with Crippen molar-refractivity contribution in [1.82, 2.24) is 4.40 Å². The van der Waals surface area contributed by atoms with Crippen molar-refractivity contribution in [1.29, 1.82) is 0 Å². The summed E-state index contributed by atoms with van der Waals surface area (Å²) in [6, 6.07) is 24.3. The third kappa shape index (κ3) is 3.94. The molecule has 3 heterocycles. The van der Waals surface area contributed by atoms with Gasteiger partial charge in [0.25, 0.3) is 5.82 Å². The number of fused-ring (bicyclic) bond motifs is 5. The van der Waals surface area contributed by atoms with Crippen LogP contribution in [-0.2, 0) is 0 Å². The molecule has 0 atom stereocenters. The van der Waals surface area contributed by atoms with Crippen LogP contribution in [0.3, 0.4) is 0 Å². The minimum absolute atomic E-state index is 0.0798. The highest BCUT2D eigenvalue weighted by Crippen LogP contribution is 2.37. The Kier molecular flexibility index (Phi) is 5.20. The van der Waals surface area contributed by atoms with E-state index in [0.29, 0.717) is 0 Å². The smallest absolute Gasteiger partial charge is 0.267 e. The number of aryl methyl sites for hydroxylation is 2. The molecule has 0 aliphatic rings. The van der Waals surface area contributed by atoms with Crippen molar-refractivity contribution in [3.8, 4) is 11.3 Å². The van der Waals surface area contributed by atoms with Crippen LogP contribution < -0.4 is 9.72 Å². The lowest BCUT2D eigenvalue weighted by Crippen LogP contribution is -2.39. The van der Waals surface area contributed by atoms with Crippen LogP contribution in [0.4, 0.5) is 5.82 Å². The van der Waals surface area contributed by atoms with Crippen LogP contribution in [0.2, 0.25) is 0 Å². The molecule has 1 N–H and O–H groups in total. The molecule has 0 aliphatic carbocycles. The lowest BCUT2D eigenvalue weighted by molar-refractivity contribution is -0.495. The van der Waals surface area contributed by atoms with E-state index in [1.807, 2.05) is 0 Å². The van der Waals surface area contributed by atoms with E-state index in [1.54, 1.807) is 0 Å². The summed E-state index contributed by atoms with van der Waals surface area (Å²) in [6.45, 7) is 15.9. The molecule has 3 heteroatoms. The molecule has 0 spiro atoms. The average molecular weight is 451 g/mol. The molecule has 5 aromatic rings. The number of pyridine rings is 2. The second-order valence-electron chi connectivity index (χ2n) is 11.6. The Morgan fingerprint density at radius 2 is 1.56 bits per heavy atom. The third-order valence-corrected chi connectivity index (χ3v) is 6.59. The van der Waals surface area contributed by atoms with Crippen LogP contribution in [0.25, 0.3) is 33.2 Å². The van der Waals surface area contributed by atoms with E-state index in [4.69, 9.17) is 0 Å². The van der Waals surface area contributed by atoms with Gasteiger partial charge in [0.15, 0.2) is 5.52 Å². The first-order valence-electron chi connectivity index (χ1n) is 12.3. The number of aromatic nitrogens is 2.